The van der Waals surface area contributed by atoms with Crippen LogP contribution in [0.5, 0.6) is 11.5 Å². The van der Waals surface area contributed by atoms with Crippen molar-refractivity contribution in [2.24, 2.45) is 0 Å². The van der Waals surface area contributed by atoms with Gasteiger partial charge in [0, 0.05) is 12.1 Å². The van der Waals surface area contributed by atoms with E-state index in [2.05, 4.69) is 25.2 Å². The summed E-state index contributed by atoms with van der Waals surface area (Å²) in [6.07, 6.45) is 2.40. The molecule has 1 aliphatic rings. The van der Waals surface area contributed by atoms with Crippen LogP contribution in [0.1, 0.15) is 49.7 Å². The van der Waals surface area contributed by atoms with Crippen molar-refractivity contribution >= 4 is 11.6 Å². The van der Waals surface area contributed by atoms with E-state index in [1.165, 1.54) is 24.0 Å². The number of ether oxygens (including phenoxy) is 2. The minimum Gasteiger partial charge on any atom is -0.492 e. The van der Waals surface area contributed by atoms with Crippen LogP contribution < -0.4 is 14.8 Å². The van der Waals surface area contributed by atoms with E-state index < -0.39 is 0 Å². The predicted molar refractivity (Wildman–Crippen MR) is 83.5 cm³/mol. The van der Waals surface area contributed by atoms with Crippen molar-refractivity contribution in [3.63, 3.8) is 0 Å². The van der Waals surface area contributed by atoms with E-state index in [0.717, 1.165) is 18.8 Å². The van der Waals surface area contributed by atoms with Crippen LogP contribution in [-0.4, -0.2) is 27.3 Å². The number of hydrogen-bond donors (Lipinski definition) is 1. The van der Waals surface area contributed by atoms with Crippen LogP contribution >= 0.6 is 11.6 Å². The third-order valence-electron chi connectivity index (χ3n) is 3.98. The maximum atomic E-state index is 6.38. The van der Waals surface area contributed by atoms with E-state index >= 15 is 0 Å². The Kier molecular flexibility index (Phi) is 5.17. The third kappa shape index (κ3) is 2.89. The van der Waals surface area contributed by atoms with Crippen LogP contribution in [0.15, 0.2) is 6.07 Å². The molecule has 112 valence electrons. The van der Waals surface area contributed by atoms with Gasteiger partial charge in [0.05, 0.1) is 19.2 Å². The SMILES string of the molecule is COc1c(Cl)cc(C2CCCNC2)c(C(C)C)c1OC. The fourth-order valence-electron chi connectivity index (χ4n) is 3.09. The fraction of sp³-hybridized carbons (Fsp3) is 0.625. The van der Waals surface area contributed by atoms with Crippen LogP contribution in [0.3, 0.4) is 0 Å². The van der Waals surface area contributed by atoms with Crippen molar-refractivity contribution < 1.29 is 9.47 Å². The first-order chi connectivity index (χ1) is 9.60. The molecule has 1 N–H and O–H groups in total. The molecule has 1 saturated heterocycles. The summed E-state index contributed by atoms with van der Waals surface area (Å²) in [5.74, 6) is 2.30. The van der Waals surface area contributed by atoms with E-state index in [9.17, 15) is 0 Å². The lowest BCUT2D eigenvalue weighted by Gasteiger charge is -2.28. The topological polar surface area (TPSA) is 30.5 Å². The second kappa shape index (κ2) is 6.68. The molecule has 2 rings (SSSR count). The second-order valence-corrected chi connectivity index (χ2v) is 6.03. The molecule has 1 aromatic rings. The summed E-state index contributed by atoms with van der Waals surface area (Å²) in [6, 6.07) is 2.07. The molecule has 0 radical (unpaired) electrons. The van der Waals surface area contributed by atoms with Crippen molar-refractivity contribution in [1.82, 2.24) is 5.32 Å². The van der Waals surface area contributed by atoms with Crippen molar-refractivity contribution in [1.29, 1.82) is 0 Å². The van der Waals surface area contributed by atoms with Gasteiger partial charge in [0.2, 0.25) is 0 Å². The van der Waals surface area contributed by atoms with Gasteiger partial charge in [-0.2, -0.15) is 0 Å². The van der Waals surface area contributed by atoms with E-state index in [4.69, 9.17) is 21.1 Å². The van der Waals surface area contributed by atoms with Crippen molar-refractivity contribution in [2.45, 2.75) is 38.5 Å². The van der Waals surface area contributed by atoms with E-state index in [1.807, 2.05) is 0 Å². The monoisotopic (exact) mass is 297 g/mol. The molecule has 1 heterocycles. The minimum atomic E-state index is 0.369. The van der Waals surface area contributed by atoms with Crippen LogP contribution in [0, 0.1) is 0 Å². The summed E-state index contributed by atoms with van der Waals surface area (Å²) < 4.78 is 11.0. The Hall–Kier alpha value is -0.930. The maximum Gasteiger partial charge on any atom is 0.179 e. The summed E-state index contributed by atoms with van der Waals surface area (Å²) in [5, 5.41) is 4.10. The largest absolute Gasteiger partial charge is 0.492 e. The normalized spacial score (nSPS) is 19.2. The number of halogens is 1. The molecule has 0 saturated carbocycles. The molecule has 1 aromatic carbocycles. The van der Waals surface area contributed by atoms with Gasteiger partial charge in [-0.15, -0.1) is 0 Å². The van der Waals surface area contributed by atoms with E-state index in [0.29, 0.717) is 22.6 Å². The molecule has 20 heavy (non-hydrogen) atoms. The molecular weight excluding hydrogens is 274 g/mol. The quantitative estimate of drug-likeness (QED) is 0.913. The molecule has 0 spiro atoms. The lowest BCUT2D eigenvalue weighted by Crippen LogP contribution is -2.29. The van der Waals surface area contributed by atoms with Gasteiger partial charge in [-0.1, -0.05) is 25.4 Å². The standard InChI is InChI=1S/C16H24ClNO2/c1-10(2)14-12(11-6-5-7-18-9-11)8-13(17)15(19-3)16(14)20-4/h8,10-11,18H,5-7,9H2,1-4H3. The Morgan fingerprint density at radius 1 is 1.25 bits per heavy atom. The molecule has 0 aliphatic carbocycles. The molecule has 0 aromatic heterocycles. The lowest BCUT2D eigenvalue weighted by atomic mass is 9.84. The van der Waals surface area contributed by atoms with Crippen LogP contribution in [0.25, 0.3) is 0 Å². The van der Waals surface area contributed by atoms with Gasteiger partial charge in [-0.3, -0.25) is 0 Å². The van der Waals surface area contributed by atoms with Crippen LogP contribution in [-0.2, 0) is 0 Å². The number of piperidine rings is 1. The van der Waals surface area contributed by atoms with Crippen LogP contribution in [0.4, 0.5) is 0 Å². The van der Waals surface area contributed by atoms with E-state index in [1.54, 1.807) is 14.2 Å². The van der Waals surface area contributed by atoms with Gasteiger partial charge < -0.3 is 14.8 Å². The van der Waals surface area contributed by atoms with Crippen molar-refractivity contribution in [2.75, 3.05) is 27.3 Å². The average molecular weight is 298 g/mol. The number of benzene rings is 1. The molecule has 3 nitrogen and oxygen atoms in total. The summed E-state index contributed by atoms with van der Waals surface area (Å²) in [7, 11) is 3.32. The number of rotatable bonds is 4. The highest BCUT2D eigenvalue weighted by molar-refractivity contribution is 6.32. The zero-order valence-corrected chi connectivity index (χ0v) is 13.5. The summed E-state index contributed by atoms with van der Waals surface area (Å²) in [5.41, 5.74) is 2.53. The molecule has 4 heteroatoms. The third-order valence-corrected chi connectivity index (χ3v) is 4.26. The van der Waals surface area contributed by atoms with Crippen LogP contribution in [0.2, 0.25) is 5.02 Å². The zero-order chi connectivity index (χ0) is 14.7. The maximum absolute atomic E-state index is 6.38. The van der Waals surface area contributed by atoms with Gasteiger partial charge >= 0.3 is 0 Å². The molecule has 0 amide bonds. The summed E-state index contributed by atoms with van der Waals surface area (Å²) in [4.78, 5) is 0. The minimum absolute atomic E-state index is 0.369. The lowest BCUT2D eigenvalue weighted by molar-refractivity contribution is 0.348. The van der Waals surface area contributed by atoms with Gasteiger partial charge in [-0.05, 0) is 42.9 Å². The highest BCUT2D eigenvalue weighted by atomic mass is 35.5. The predicted octanol–water partition coefficient (Wildman–Crippen LogP) is 3.95. The van der Waals surface area contributed by atoms with Gasteiger partial charge in [0.1, 0.15) is 0 Å². The molecule has 1 unspecified atom stereocenters. The first kappa shape index (κ1) is 15.5. The Morgan fingerprint density at radius 2 is 1.95 bits per heavy atom. The highest BCUT2D eigenvalue weighted by Crippen LogP contribution is 2.46. The van der Waals surface area contributed by atoms with Crippen molar-refractivity contribution in [3.8, 4) is 11.5 Å². The summed E-state index contributed by atoms with van der Waals surface area (Å²) >= 11 is 6.38. The van der Waals surface area contributed by atoms with E-state index in [-0.39, 0.29) is 0 Å². The Balaban J connectivity index is 2.57. The Bertz CT molecular complexity index is 468. The summed E-state index contributed by atoms with van der Waals surface area (Å²) in [6.45, 7) is 6.48. The van der Waals surface area contributed by atoms with Gasteiger partial charge in [-0.25, -0.2) is 0 Å². The first-order valence-electron chi connectivity index (χ1n) is 7.25. The van der Waals surface area contributed by atoms with Crippen molar-refractivity contribution in [3.05, 3.63) is 22.2 Å². The highest BCUT2D eigenvalue weighted by Gasteiger charge is 2.26. The zero-order valence-electron chi connectivity index (χ0n) is 12.8. The number of methoxy groups -OCH3 is 2. The number of hydrogen-bond acceptors (Lipinski definition) is 3. The second-order valence-electron chi connectivity index (χ2n) is 5.63. The molecule has 0 bridgehead atoms. The number of nitrogens with one attached hydrogen (secondary N) is 1. The molecule has 1 atom stereocenters. The smallest absolute Gasteiger partial charge is 0.179 e. The van der Waals surface area contributed by atoms with Gasteiger partial charge in [0.25, 0.3) is 0 Å². The molecule has 1 aliphatic heterocycles. The fourth-order valence-corrected chi connectivity index (χ4v) is 3.37. The molecular formula is C16H24ClNO2. The van der Waals surface area contributed by atoms with Gasteiger partial charge in [0.15, 0.2) is 11.5 Å². The Labute approximate surface area is 126 Å². The molecule has 1 fully saturated rings. The average Bonchev–Trinajstić information content (AvgIpc) is 2.46. The first-order valence-corrected chi connectivity index (χ1v) is 7.62. The Morgan fingerprint density at radius 3 is 2.45 bits per heavy atom.